The fourth-order valence-corrected chi connectivity index (χ4v) is 1.23. The molecule has 2 rings (SSSR count). The molecule has 5 heteroatoms. The second kappa shape index (κ2) is 3.68. The van der Waals surface area contributed by atoms with E-state index in [1.54, 1.807) is 6.26 Å². The first-order valence-corrected chi connectivity index (χ1v) is 4.53. The molecule has 0 unspecified atom stereocenters. The molecule has 0 spiro atoms. The Kier molecular flexibility index (Phi) is 2.37. The van der Waals surface area contributed by atoms with Crippen molar-refractivity contribution in [2.45, 2.75) is 20.3 Å². The van der Waals surface area contributed by atoms with Crippen LogP contribution in [0.4, 0.5) is 0 Å². The van der Waals surface area contributed by atoms with Gasteiger partial charge < -0.3 is 8.94 Å². The molecule has 0 aromatic carbocycles. The first-order chi connectivity index (χ1) is 7.16. The molecule has 0 aliphatic heterocycles. The Labute approximate surface area is 86.1 Å². The van der Waals surface area contributed by atoms with Crippen molar-refractivity contribution in [3.05, 3.63) is 23.8 Å². The number of furan rings is 1. The molecule has 5 nitrogen and oxygen atoms in total. The van der Waals surface area contributed by atoms with E-state index in [0.717, 1.165) is 5.56 Å². The fraction of sp³-hybridized carbons (Fsp3) is 0.300. The summed E-state index contributed by atoms with van der Waals surface area (Å²) in [7, 11) is 0. The van der Waals surface area contributed by atoms with Crippen molar-refractivity contribution >= 4 is 5.78 Å². The standard InChI is InChI=1S/C10H10N2O3/c1-6-3-4-14-9(6)10-11-8(15-12-10)5-7(2)13/h3-4H,5H2,1-2H3. The maximum absolute atomic E-state index is 10.8. The van der Waals surface area contributed by atoms with Gasteiger partial charge in [-0.3, -0.25) is 4.79 Å². The lowest BCUT2D eigenvalue weighted by Crippen LogP contribution is -1.95. The summed E-state index contributed by atoms with van der Waals surface area (Å²) in [6.45, 7) is 3.36. The highest BCUT2D eigenvalue weighted by molar-refractivity contribution is 5.77. The Hall–Kier alpha value is -1.91. The lowest BCUT2D eigenvalue weighted by molar-refractivity contribution is -0.116. The van der Waals surface area contributed by atoms with Gasteiger partial charge in [-0.1, -0.05) is 5.16 Å². The average Bonchev–Trinajstić information content (AvgIpc) is 2.72. The van der Waals surface area contributed by atoms with Gasteiger partial charge in [0.2, 0.25) is 11.7 Å². The SMILES string of the molecule is CC(=O)Cc1nc(-c2occc2C)no1. The van der Waals surface area contributed by atoms with Gasteiger partial charge in [0.15, 0.2) is 5.76 Å². The summed E-state index contributed by atoms with van der Waals surface area (Å²) in [6, 6.07) is 1.82. The molecule has 0 N–H and O–H groups in total. The summed E-state index contributed by atoms with van der Waals surface area (Å²) < 4.78 is 10.1. The van der Waals surface area contributed by atoms with E-state index < -0.39 is 0 Å². The smallest absolute Gasteiger partial charge is 0.238 e. The number of carbonyl (C=O) groups excluding carboxylic acids is 1. The van der Waals surface area contributed by atoms with Crippen LogP contribution in [0.25, 0.3) is 11.6 Å². The van der Waals surface area contributed by atoms with Gasteiger partial charge in [-0.05, 0) is 25.5 Å². The largest absolute Gasteiger partial charge is 0.461 e. The van der Waals surface area contributed by atoms with E-state index in [1.807, 2.05) is 13.0 Å². The van der Waals surface area contributed by atoms with Gasteiger partial charge in [-0.15, -0.1) is 0 Å². The molecular formula is C10H10N2O3. The Morgan fingerprint density at radius 3 is 2.93 bits per heavy atom. The molecule has 0 saturated heterocycles. The molecule has 0 saturated carbocycles. The number of hydrogen-bond acceptors (Lipinski definition) is 5. The quantitative estimate of drug-likeness (QED) is 0.765. The molecule has 0 aliphatic carbocycles. The zero-order valence-corrected chi connectivity index (χ0v) is 8.48. The molecule has 78 valence electrons. The minimum Gasteiger partial charge on any atom is -0.461 e. The van der Waals surface area contributed by atoms with E-state index in [9.17, 15) is 4.79 Å². The van der Waals surface area contributed by atoms with Crippen LogP contribution in [-0.4, -0.2) is 15.9 Å². The molecule has 2 heterocycles. The second-order valence-corrected chi connectivity index (χ2v) is 3.32. The molecule has 15 heavy (non-hydrogen) atoms. The minimum absolute atomic E-state index is 0.0126. The van der Waals surface area contributed by atoms with E-state index in [-0.39, 0.29) is 12.2 Å². The molecule has 0 fully saturated rings. The molecule has 0 radical (unpaired) electrons. The van der Waals surface area contributed by atoms with Crippen LogP contribution in [0.2, 0.25) is 0 Å². The minimum atomic E-state index is -0.0126. The summed E-state index contributed by atoms with van der Waals surface area (Å²) in [5, 5.41) is 3.74. The van der Waals surface area contributed by atoms with Crippen molar-refractivity contribution in [2.24, 2.45) is 0 Å². The predicted molar refractivity (Wildman–Crippen MR) is 51.1 cm³/mol. The van der Waals surface area contributed by atoms with Gasteiger partial charge in [0, 0.05) is 0 Å². The Morgan fingerprint density at radius 2 is 2.33 bits per heavy atom. The van der Waals surface area contributed by atoms with E-state index in [4.69, 9.17) is 8.94 Å². The van der Waals surface area contributed by atoms with E-state index in [0.29, 0.717) is 17.5 Å². The molecule has 2 aromatic heterocycles. The number of ketones is 1. The number of carbonyl (C=O) groups is 1. The number of aryl methyl sites for hydroxylation is 1. The summed E-state index contributed by atoms with van der Waals surface area (Å²) in [5.74, 6) is 1.26. The van der Waals surface area contributed by atoms with E-state index in [2.05, 4.69) is 10.1 Å². The normalized spacial score (nSPS) is 10.5. The summed E-state index contributed by atoms with van der Waals surface area (Å²) in [4.78, 5) is 14.9. The van der Waals surface area contributed by atoms with Crippen molar-refractivity contribution in [3.63, 3.8) is 0 Å². The fourth-order valence-electron chi connectivity index (χ4n) is 1.23. The number of nitrogens with zero attached hydrogens (tertiary/aromatic N) is 2. The summed E-state index contributed by atoms with van der Waals surface area (Å²) >= 11 is 0. The monoisotopic (exact) mass is 206 g/mol. The van der Waals surface area contributed by atoms with E-state index >= 15 is 0 Å². The zero-order chi connectivity index (χ0) is 10.8. The van der Waals surface area contributed by atoms with Gasteiger partial charge in [-0.25, -0.2) is 0 Å². The van der Waals surface area contributed by atoms with Crippen LogP contribution in [0.5, 0.6) is 0 Å². The highest BCUT2D eigenvalue weighted by Crippen LogP contribution is 2.20. The molecule has 0 bridgehead atoms. The first kappa shape index (κ1) is 9.64. The van der Waals surface area contributed by atoms with Crippen molar-refractivity contribution in [3.8, 4) is 11.6 Å². The van der Waals surface area contributed by atoms with Crippen LogP contribution in [0.1, 0.15) is 18.4 Å². The van der Waals surface area contributed by atoms with Gasteiger partial charge in [0.25, 0.3) is 0 Å². The van der Waals surface area contributed by atoms with Gasteiger partial charge in [-0.2, -0.15) is 4.98 Å². The van der Waals surface area contributed by atoms with Crippen molar-refractivity contribution < 1.29 is 13.7 Å². The Bertz CT molecular complexity index is 484. The summed E-state index contributed by atoms with van der Waals surface area (Å²) in [6.07, 6.45) is 1.72. The lowest BCUT2D eigenvalue weighted by atomic mass is 10.3. The third-order valence-corrected chi connectivity index (χ3v) is 1.93. The van der Waals surface area contributed by atoms with Crippen LogP contribution < -0.4 is 0 Å². The highest BCUT2D eigenvalue weighted by Gasteiger charge is 2.14. The van der Waals surface area contributed by atoms with Gasteiger partial charge >= 0.3 is 0 Å². The molecule has 0 amide bonds. The third-order valence-electron chi connectivity index (χ3n) is 1.93. The van der Waals surface area contributed by atoms with Crippen molar-refractivity contribution in [2.75, 3.05) is 0 Å². The molecule has 2 aromatic rings. The second-order valence-electron chi connectivity index (χ2n) is 3.32. The topological polar surface area (TPSA) is 69.1 Å². The molecule has 0 atom stereocenters. The van der Waals surface area contributed by atoms with Crippen LogP contribution in [0.15, 0.2) is 21.3 Å². The summed E-state index contributed by atoms with van der Waals surface area (Å²) in [5.41, 5.74) is 0.935. The van der Waals surface area contributed by atoms with Crippen LogP contribution >= 0.6 is 0 Å². The average molecular weight is 206 g/mol. The van der Waals surface area contributed by atoms with E-state index in [1.165, 1.54) is 6.92 Å². The lowest BCUT2D eigenvalue weighted by Gasteiger charge is -1.87. The number of Topliss-reactive ketones (excluding diaryl/α,β-unsaturated/α-hetero) is 1. The maximum Gasteiger partial charge on any atom is 0.238 e. The van der Waals surface area contributed by atoms with Crippen LogP contribution in [0, 0.1) is 6.92 Å². The van der Waals surface area contributed by atoms with Crippen molar-refractivity contribution in [1.82, 2.24) is 10.1 Å². The molecular weight excluding hydrogens is 196 g/mol. The van der Waals surface area contributed by atoms with Crippen LogP contribution in [-0.2, 0) is 11.2 Å². The number of hydrogen-bond donors (Lipinski definition) is 0. The highest BCUT2D eigenvalue weighted by atomic mass is 16.5. The number of rotatable bonds is 3. The first-order valence-electron chi connectivity index (χ1n) is 4.53. The third kappa shape index (κ3) is 1.96. The van der Waals surface area contributed by atoms with Gasteiger partial charge in [0.1, 0.15) is 5.78 Å². The Balaban J connectivity index is 2.28. The van der Waals surface area contributed by atoms with Gasteiger partial charge in [0.05, 0.1) is 12.7 Å². The molecule has 0 aliphatic rings. The van der Waals surface area contributed by atoms with Crippen LogP contribution in [0.3, 0.4) is 0 Å². The number of aromatic nitrogens is 2. The zero-order valence-electron chi connectivity index (χ0n) is 8.48. The predicted octanol–water partition coefficient (Wildman–Crippen LogP) is 1.77. The maximum atomic E-state index is 10.8. The Morgan fingerprint density at radius 1 is 1.53 bits per heavy atom. The van der Waals surface area contributed by atoms with Crippen molar-refractivity contribution in [1.29, 1.82) is 0 Å².